The van der Waals surface area contributed by atoms with Crippen LogP contribution in [0.1, 0.15) is 62.5 Å². The van der Waals surface area contributed by atoms with Crippen molar-refractivity contribution in [3.05, 3.63) is 29.2 Å². The van der Waals surface area contributed by atoms with E-state index in [2.05, 4.69) is 10.3 Å². The quantitative estimate of drug-likeness (QED) is 0.841. The van der Waals surface area contributed by atoms with E-state index in [9.17, 15) is 13.2 Å². The minimum absolute atomic E-state index is 0.0463. The fourth-order valence-electron chi connectivity index (χ4n) is 2.78. The number of nitrogens with zero attached hydrogens (tertiary/aromatic N) is 1. The second kappa shape index (κ2) is 8.19. The summed E-state index contributed by atoms with van der Waals surface area (Å²) in [5, 5.41) is 11.6. The van der Waals surface area contributed by atoms with Gasteiger partial charge in [0.15, 0.2) is 11.5 Å². The second-order valence-electron chi connectivity index (χ2n) is 6.66. The molecule has 0 amide bonds. The Hall–Kier alpha value is -1.60. The molecule has 0 unspecified atom stereocenters. The number of aromatic nitrogens is 1. The van der Waals surface area contributed by atoms with Gasteiger partial charge in [0.25, 0.3) is 0 Å². The molecule has 2 N–H and O–H groups in total. The Morgan fingerprint density at radius 1 is 1.28 bits per heavy atom. The zero-order valence-corrected chi connectivity index (χ0v) is 14.8. The fraction of sp³-hybridized carbons (Fsp3) is 0.611. The summed E-state index contributed by atoms with van der Waals surface area (Å²) in [5.74, 6) is 0.267. The van der Waals surface area contributed by atoms with Gasteiger partial charge in [-0.15, -0.1) is 0 Å². The van der Waals surface area contributed by atoms with E-state index in [1.807, 2.05) is 13.8 Å². The van der Waals surface area contributed by atoms with E-state index in [0.717, 1.165) is 18.9 Å². The van der Waals surface area contributed by atoms with Crippen molar-refractivity contribution in [3.63, 3.8) is 0 Å². The molecule has 1 aromatic heterocycles. The van der Waals surface area contributed by atoms with Crippen LogP contribution in [0.2, 0.25) is 0 Å². The van der Waals surface area contributed by atoms with Gasteiger partial charge in [-0.25, -0.2) is 4.98 Å². The number of aliphatic hydroxyl groups excluding tert-OH is 1. The van der Waals surface area contributed by atoms with Gasteiger partial charge < -0.3 is 14.8 Å². The molecule has 1 aliphatic rings. The molecule has 1 fully saturated rings. The molecule has 1 saturated carbocycles. The topological polar surface area (TPSA) is 58.3 Å². The van der Waals surface area contributed by atoms with Crippen molar-refractivity contribution in [1.29, 1.82) is 0 Å². The first-order valence-corrected chi connectivity index (χ1v) is 8.55. The molecule has 0 spiro atoms. The lowest BCUT2D eigenvalue weighted by Crippen LogP contribution is -2.09. The number of rotatable bonds is 3. The largest absolute Gasteiger partial charge is 0.440 e. The van der Waals surface area contributed by atoms with Crippen LogP contribution in [0, 0.1) is 0 Å². The van der Waals surface area contributed by atoms with Crippen molar-refractivity contribution in [1.82, 2.24) is 10.3 Å². The average Bonchev–Trinajstić information content (AvgIpc) is 3.15. The van der Waals surface area contributed by atoms with Crippen LogP contribution in [0.15, 0.2) is 16.5 Å². The first kappa shape index (κ1) is 19.7. The zero-order valence-electron chi connectivity index (χ0n) is 14.8. The van der Waals surface area contributed by atoms with Crippen LogP contribution < -0.4 is 5.32 Å². The zero-order chi connectivity index (χ0) is 18.6. The number of nitrogens with one attached hydrogen (secondary N) is 1. The normalized spacial score (nSPS) is 15.7. The summed E-state index contributed by atoms with van der Waals surface area (Å²) in [4.78, 5) is 4.13. The van der Waals surface area contributed by atoms with Gasteiger partial charge >= 0.3 is 6.18 Å². The summed E-state index contributed by atoms with van der Waals surface area (Å²) in [5.41, 5.74) is -0.166. The number of hydrogen-bond acceptors (Lipinski definition) is 4. The summed E-state index contributed by atoms with van der Waals surface area (Å²) >= 11 is 0. The molecule has 0 bridgehead atoms. The van der Waals surface area contributed by atoms with E-state index in [1.54, 1.807) is 13.1 Å². The van der Waals surface area contributed by atoms with E-state index < -0.39 is 11.7 Å². The molecule has 7 heteroatoms. The molecule has 3 rings (SSSR count). The Morgan fingerprint density at radius 3 is 2.36 bits per heavy atom. The van der Waals surface area contributed by atoms with Gasteiger partial charge in [-0.05, 0) is 37.6 Å². The Bertz CT molecular complexity index is 689. The first-order chi connectivity index (χ1) is 11.7. The number of alkyl halides is 3. The monoisotopic (exact) mass is 358 g/mol. The van der Waals surface area contributed by atoms with Crippen LogP contribution in [-0.4, -0.2) is 23.2 Å². The molecule has 0 saturated heterocycles. The molecular weight excluding hydrogens is 333 g/mol. The molecule has 25 heavy (non-hydrogen) atoms. The summed E-state index contributed by atoms with van der Waals surface area (Å²) in [7, 11) is 1.68. The number of benzene rings is 1. The van der Waals surface area contributed by atoms with Gasteiger partial charge in [0, 0.05) is 12.5 Å². The van der Waals surface area contributed by atoms with Gasteiger partial charge in [-0.3, -0.25) is 0 Å². The summed E-state index contributed by atoms with van der Waals surface area (Å²) in [6, 6.07) is 2.73. The number of oxazole rings is 1. The van der Waals surface area contributed by atoms with E-state index in [0.29, 0.717) is 18.0 Å². The molecule has 0 radical (unpaired) electrons. The molecule has 1 heterocycles. The van der Waals surface area contributed by atoms with Crippen molar-refractivity contribution in [2.75, 3.05) is 7.05 Å². The van der Waals surface area contributed by atoms with Crippen LogP contribution in [0.3, 0.4) is 0 Å². The smallest absolute Gasteiger partial charge is 0.420 e. The predicted molar refractivity (Wildman–Crippen MR) is 90.3 cm³/mol. The van der Waals surface area contributed by atoms with Crippen LogP contribution in [0.25, 0.3) is 11.1 Å². The predicted octanol–water partition coefficient (Wildman–Crippen LogP) is 4.61. The van der Waals surface area contributed by atoms with Crippen molar-refractivity contribution in [2.45, 2.75) is 64.3 Å². The Morgan fingerprint density at radius 2 is 1.92 bits per heavy atom. The van der Waals surface area contributed by atoms with E-state index in [-0.39, 0.29) is 23.1 Å². The van der Waals surface area contributed by atoms with Crippen LogP contribution in [0.4, 0.5) is 13.2 Å². The molecule has 140 valence electrons. The highest BCUT2D eigenvalue weighted by Crippen LogP contribution is 2.37. The lowest BCUT2D eigenvalue weighted by atomic mass is 10.1. The van der Waals surface area contributed by atoms with E-state index in [4.69, 9.17) is 9.52 Å². The minimum Gasteiger partial charge on any atom is -0.440 e. The molecular formula is C18H25F3N2O2. The molecule has 1 aromatic carbocycles. The second-order valence-corrected chi connectivity index (χ2v) is 6.66. The van der Waals surface area contributed by atoms with Crippen molar-refractivity contribution >= 4 is 11.1 Å². The Balaban J connectivity index is 0.000000316. The maximum atomic E-state index is 13.0. The maximum absolute atomic E-state index is 13.0. The highest BCUT2D eigenvalue weighted by atomic mass is 19.4. The van der Waals surface area contributed by atoms with Crippen molar-refractivity contribution in [2.24, 2.45) is 0 Å². The summed E-state index contributed by atoms with van der Waals surface area (Å²) < 4.78 is 44.4. The third kappa shape index (κ3) is 5.19. The number of aliphatic hydroxyl groups is 1. The van der Waals surface area contributed by atoms with Gasteiger partial charge in [-0.1, -0.05) is 26.7 Å². The van der Waals surface area contributed by atoms with Gasteiger partial charge in [0.05, 0.1) is 6.10 Å². The number of hydrogen-bond donors (Lipinski definition) is 2. The standard InChI is InChI=1S/C13H15F3N2O.C5H10O/c1-7(2)12-18-10-5-8(6-17-3)4-9(11(10)19-12)13(14,15)16;6-5-3-1-2-4-5/h4-5,7,17H,6H2,1-3H3;5-6H,1-4H2. The van der Waals surface area contributed by atoms with E-state index in [1.165, 1.54) is 12.8 Å². The molecule has 1 aliphatic carbocycles. The molecule has 4 nitrogen and oxygen atoms in total. The maximum Gasteiger partial charge on any atom is 0.420 e. The van der Waals surface area contributed by atoms with Gasteiger partial charge in [-0.2, -0.15) is 13.2 Å². The van der Waals surface area contributed by atoms with Crippen LogP contribution >= 0.6 is 0 Å². The Kier molecular flexibility index (Phi) is 6.46. The van der Waals surface area contributed by atoms with Crippen LogP contribution in [-0.2, 0) is 12.7 Å². The highest BCUT2D eigenvalue weighted by Gasteiger charge is 2.35. The van der Waals surface area contributed by atoms with Crippen LogP contribution in [0.5, 0.6) is 0 Å². The van der Waals surface area contributed by atoms with Gasteiger partial charge in [0.1, 0.15) is 11.1 Å². The summed E-state index contributed by atoms with van der Waals surface area (Å²) in [6.45, 7) is 4.00. The first-order valence-electron chi connectivity index (χ1n) is 8.55. The lowest BCUT2D eigenvalue weighted by Gasteiger charge is -2.09. The van der Waals surface area contributed by atoms with Crippen molar-refractivity contribution < 1.29 is 22.7 Å². The molecule has 0 aliphatic heterocycles. The third-order valence-electron chi connectivity index (χ3n) is 4.07. The minimum atomic E-state index is -4.45. The summed E-state index contributed by atoms with van der Waals surface area (Å²) in [6.07, 6.45) is 0.156. The SMILES string of the molecule is CNCc1cc(C(F)(F)F)c2oc(C(C)C)nc2c1.OC1CCCC1. The number of halogens is 3. The Labute approximate surface area is 145 Å². The van der Waals surface area contributed by atoms with Gasteiger partial charge in [0.2, 0.25) is 0 Å². The fourth-order valence-corrected chi connectivity index (χ4v) is 2.78. The third-order valence-corrected chi connectivity index (χ3v) is 4.07. The average molecular weight is 358 g/mol. The highest BCUT2D eigenvalue weighted by molar-refractivity contribution is 5.78. The molecule has 2 aromatic rings. The van der Waals surface area contributed by atoms with E-state index >= 15 is 0 Å². The lowest BCUT2D eigenvalue weighted by molar-refractivity contribution is -0.136. The van der Waals surface area contributed by atoms with Crippen molar-refractivity contribution in [3.8, 4) is 0 Å². The molecule has 0 atom stereocenters. The number of fused-ring (bicyclic) bond motifs is 1.